The number of carbonyl (C=O) groups excluding carboxylic acids is 1. The lowest BCUT2D eigenvalue weighted by Crippen LogP contribution is -2.44. The fourth-order valence-electron chi connectivity index (χ4n) is 4.82. The van der Waals surface area contributed by atoms with E-state index >= 15 is 0 Å². The number of amides is 1. The predicted molar refractivity (Wildman–Crippen MR) is 114 cm³/mol. The molecule has 1 aromatic carbocycles. The van der Waals surface area contributed by atoms with Crippen LogP contribution in [-0.2, 0) is 17.9 Å². The van der Waals surface area contributed by atoms with Gasteiger partial charge in [0.15, 0.2) is 0 Å². The number of likely N-dealkylation sites (tertiary alicyclic amines) is 2. The van der Waals surface area contributed by atoms with Gasteiger partial charge < -0.3 is 9.64 Å². The van der Waals surface area contributed by atoms with Crippen LogP contribution in [0.1, 0.15) is 44.9 Å². The third-order valence-corrected chi connectivity index (χ3v) is 7.16. The number of piperidine rings is 1. The van der Waals surface area contributed by atoms with E-state index < -0.39 is 0 Å². The average molecular weight is 399 g/mol. The maximum absolute atomic E-state index is 13.0. The number of aryl methyl sites for hydroxylation is 1. The molecule has 2 fully saturated rings. The Bertz CT molecular complexity index is 834. The first kappa shape index (κ1) is 19.6. The number of ether oxygens (including phenoxy) is 1. The molecular weight excluding hydrogens is 368 g/mol. The summed E-state index contributed by atoms with van der Waals surface area (Å²) in [5.74, 6) is 0.194. The maximum Gasteiger partial charge on any atom is 0.263 e. The van der Waals surface area contributed by atoms with Crippen molar-refractivity contribution in [2.75, 3.05) is 33.3 Å². The van der Waals surface area contributed by atoms with Crippen molar-refractivity contribution in [1.29, 1.82) is 0 Å². The number of hydrogen-bond acceptors (Lipinski definition) is 4. The zero-order chi connectivity index (χ0) is 19.6. The minimum absolute atomic E-state index is 0.194. The van der Waals surface area contributed by atoms with Crippen LogP contribution in [0.25, 0.3) is 0 Å². The highest BCUT2D eigenvalue weighted by molar-refractivity contribution is 7.14. The molecule has 0 bridgehead atoms. The Hall–Kier alpha value is -1.69. The number of thiophene rings is 1. The van der Waals surface area contributed by atoms with E-state index in [0.717, 1.165) is 48.9 Å². The van der Waals surface area contributed by atoms with Gasteiger partial charge in [-0.05, 0) is 50.4 Å². The highest BCUT2D eigenvalue weighted by Gasteiger charge is 2.43. The first-order valence-corrected chi connectivity index (χ1v) is 11.0. The number of benzene rings is 1. The minimum Gasteiger partial charge on any atom is -0.379 e. The summed E-state index contributed by atoms with van der Waals surface area (Å²) in [5.41, 5.74) is 2.99. The van der Waals surface area contributed by atoms with Crippen molar-refractivity contribution in [2.24, 2.45) is 5.41 Å². The van der Waals surface area contributed by atoms with Gasteiger partial charge in [-0.2, -0.15) is 0 Å². The second-order valence-electron chi connectivity index (χ2n) is 8.48. The molecular formula is C23H30N2O2S. The Labute approximate surface area is 172 Å². The van der Waals surface area contributed by atoms with E-state index in [4.69, 9.17) is 4.74 Å². The fourth-order valence-corrected chi connectivity index (χ4v) is 5.77. The molecule has 0 unspecified atom stereocenters. The number of methoxy groups -OCH3 is 1. The highest BCUT2D eigenvalue weighted by atomic mass is 32.1. The lowest BCUT2D eigenvalue weighted by atomic mass is 9.79. The van der Waals surface area contributed by atoms with Crippen molar-refractivity contribution < 1.29 is 9.53 Å². The third kappa shape index (κ3) is 4.32. The summed E-state index contributed by atoms with van der Waals surface area (Å²) in [6.45, 7) is 7.80. The zero-order valence-corrected chi connectivity index (χ0v) is 17.8. The number of hydrogen-bond donors (Lipinski definition) is 0. The predicted octanol–water partition coefficient (Wildman–Crippen LogP) is 4.33. The minimum atomic E-state index is 0.194. The van der Waals surface area contributed by atoms with Gasteiger partial charge in [0.2, 0.25) is 0 Å². The summed E-state index contributed by atoms with van der Waals surface area (Å²) in [4.78, 5) is 19.6. The smallest absolute Gasteiger partial charge is 0.263 e. The van der Waals surface area contributed by atoms with Gasteiger partial charge in [-0.15, -0.1) is 11.3 Å². The van der Waals surface area contributed by atoms with E-state index in [0.29, 0.717) is 6.61 Å². The molecule has 0 saturated carbocycles. The van der Waals surface area contributed by atoms with Crippen molar-refractivity contribution in [3.63, 3.8) is 0 Å². The molecule has 150 valence electrons. The van der Waals surface area contributed by atoms with Crippen molar-refractivity contribution in [3.05, 3.63) is 57.3 Å². The van der Waals surface area contributed by atoms with Crippen LogP contribution in [0.5, 0.6) is 0 Å². The molecule has 0 aliphatic carbocycles. The normalized spacial score (nSPS) is 22.9. The van der Waals surface area contributed by atoms with Crippen LogP contribution >= 0.6 is 11.3 Å². The molecule has 0 radical (unpaired) electrons. The van der Waals surface area contributed by atoms with E-state index in [-0.39, 0.29) is 11.3 Å². The van der Waals surface area contributed by atoms with Gasteiger partial charge in [0, 0.05) is 43.6 Å². The lowest BCUT2D eigenvalue weighted by Gasteiger charge is -2.40. The van der Waals surface area contributed by atoms with Crippen LogP contribution in [0.4, 0.5) is 0 Å². The van der Waals surface area contributed by atoms with Crippen LogP contribution in [0.3, 0.4) is 0 Å². The molecule has 1 amide bonds. The highest BCUT2D eigenvalue weighted by Crippen LogP contribution is 2.40. The van der Waals surface area contributed by atoms with Crippen LogP contribution in [0, 0.1) is 12.3 Å². The van der Waals surface area contributed by atoms with Crippen molar-refractivity contribution in [1.82, 2.24) is 9.80 Å². The van der Waals surface area contributed by atoms with E-state index in [9.17, 15) is 4.79 Å². The van der Waals surface area contributed by atoms with E-state index in [1.807, 2.05) is 12.1 Å². The van der Waals surface area contributed by atoms with Gasteiger partial charge in [0.25, 0.3) is 5.91 Å². The number of rotatable bonds is 5. The Morgan fingerprint density at radius 3 is 2.89 bits per heavy atom. The van der Waals surface area contributed by atoms with Crippen LogP contribution in [0.2, 0.25) is 0 Å². The van der Waals surface area contributed by atoms with E-state index in [1.54, 1.807) is 18.4 Å². The largest absolute Gasteiger partial charge is 0.379 e. The summed E-state index contributed by atoms with van der Waals surface area (Å²) < 4.78 is 5.18. The van der Waals surface area contributed by atoms with Crippen LogP contribution in [-0.4, -0.2) is 49.0 Å². The molecule has 2 aromatic rings. The van der Waals surface area contributed by atoms with Gasteiger partial charge in [-0.3, -0.25) is 9.69 Å². The number of nitrogens with zero attached hydrogens (tertiary/aromatic N) is 2. The van der Waals surface area contributed by atoms with E-state index in [2.05, 4.69) is 41.0 Å². The Kier molecular flexibility index (Phi) is 5.85. The molecule has 2 saturated heterocycles. The molecule has 1 atom stereocenters. The molecule has 4 rings (SSSR count). The quantitative estimate of drug-likeness (QED) is 0.751. The molecule has 1 spiro atoms. The topological polar surface area (TPSA) is 32.8 Å². The number of carbonyl (C=O) groups is 1. The monoisotopic (exact) mass is 398 g/mol. The van der Waals surface area contributed by atoms with E-state index in [1.165, 1.54) is 24.0 Å². The maximum atomic E-state index is 13.0. The van der Waals surface area contributed by atoms with Gasteiger partial charge in [-0.25, -0.2) is 0 Å². The first-order chi connectivity index (χ1) is 13.6. The summed E-state index contributed by atoms with van der Waals surface area (Å²) in [5, 5.41) is 0. The Balaban J connectivity index is 1.39. The zero-order valence-electron chi connectivity index (χ0n) is 16.9. The average Bonchev–Trinajstić information content (AvgIpc) is 3.29. The van der Waals surface area contributed by atoms with Gasteiger partial charge in [0.1, 0.15) is 0 Å². The fraction of sp³-hybridized carbons (Fsp3) is 0.522. The van der Waals surface area contributed by atoms with Gasteiger partial charge >= 0.3 is 0 Å². The third-order valence-electron chi connectivity index (χ3n) is 6.11. The standard InChI is InChI=1S/C23H30N2O2S/c1-18-5-3-6-19(13-18)14-24-11-4-9-23(16-24)10-12-25(17-23)22(26)21-8-7-20(28-21)15-27-2/h3,5-8,13H,4,9-12,14-17H2,1-2H3/t23-/m1/s1. The lowest BCUT2D eigenvalue weighted by molar-refractivity contribution is 0.0679. The molecule has 28 heavy (non-hydrogen) atoms. The second-order valence-corrected chi connectivity index (χ2v) is 9.65. The van der Waals surface area contributed by atoms with Crippen molar-refractivity contribution in [2.45, 2.75) is 39.3 Å². The summed E-state index contributed by atoms with van der Waals surface area (Å²) in [7, 11) is 1.69. The van der Waals surface area contributed by atoms with Gasteiger partial charge in [0.05, 0.1) is 11.5 Å². The molecule has 4 nitrogen and oxygen atoms in total. The molecule has 5 heteroatoms. The SMILES string of the molecule is COCc1ccc(C(=O)N2CC[C@@]3(CCCN(Cc4cccc(C)c4)C3)C2)s1. The van der Waals surface area contributed by atoms with Crippen molar-refractivity contribution in [3.8, 4) is 0 Å². The summed E-state index contributed by atoms with van der Waals surface area (Å²) in [6.07, 6.45) is 3.59. The molecule has 1 aromatic heterocycles. The van der Waals surface area contributed by atoms with Crippen molar-refractivity contribution >= 4 is 17.2 Å². The van der Waals surface area contributed by atoms with Crippen LogP contribution in [0.15, 0.2) is 36.4 Å². The van der Waals surface area contributed by atoms with Gasteiger partial charge in [-0.1, -0.05) is 29.8 Å². The van der Waals surface area contributed by atoms with Crippen LogP contribution < -0.4 is 0 Å². The molecule has 2 aliphatic rings. The molecule has 0 N–H and O–H groups in total. The Morgan fingerprint density at radius 2 is 2.07 bits per heavy atom. The Morgan fingerprint density at radius 1 is 1.18 bits per heavy atom. The summed E-state index contributed by atoms with van der Waals surface area (Å²) >= 11 is 1.56. The first-order valence-electron chi connectivity index (χ1n) is 10.2. The molecule has 2 aliphatic heterocycles. The second kappa shape index (κ2) is 8.36. The molecule has 3 heterocycles. The summed E-state index contributed by atoms with van der Waals surface area (Å²) in [6, 6.07) is 12.8.